The van der Waals surface area contributed by atoms with Crippen molar-refractivity contribution in [3.8, 4) is 0 Å². The molecule has 0 unspecified atom stereocenters. The largest absolute Gasteiger partial charge is 0.438 e. The zero-order valence-electron chi connectivity index (χ0n) is 13.8. The standard InChI is InChI=1S/C19H23BrN2O/c1-3-14(2)15-6-8-16(9-7-15)21-13-17-12-18(20)19(23-17)22-10-4-5-11-22/h6-9,12-14H,3-5,10-11H2,1-2H3/t14-/m0/s1. The molecule has 3 rings (SSSR count). The summed E-state index contributed by atoms with van der Waals surface area (Å²) >= 11 is 3.59. The van der Waals surface area contributed by atoms with Crippen LogP contribution in [-0.4, -0.2) is 19.3 Å². The van der Waals surface area contributed by atoms with E-state index in [1.807, 2.05) is 6.07 Å². The SMILES string of the molecule is CC[C@H](C)c1ccc(N=Cc2cc(Br)c(N3CCCC3)o2)cc1. The van der Waals surface area contributed by atoms with Gasteiger partial charge in [0.25, 0.3) is 0 Å². The number of hydrogen-bond donors (Lipinski definition) is 0. The fourth-order valence-electron chi connectivity index (χ4n) is 2.84. The van der Waals surface area contributed by atoms with E-state index in [1.165, 1.54) is 18.4 Å². The Labute approximate surface area is 146 Å². The Hall–Kier alpha value is -1.55. The molecule has 122 valence electrons. The van der Waals surface area contributed by atoms with Crippen LogP contribution >= 0.6 is 15.9 Å². The van der Waals surface area contributed by atoms with Crippen LogP contribution in [0.5, 0.6) is 0 Å². The summed E-state index contributed by atoms with van der Waals surface area (Å²) in [5.74, 6) is 2.30. The summed E-state index contributed by atoms with van der Waals surface area (Å²) in [6.45, 7) is 6.60. The maximum atomic E-state index is 5.93. The van der Waals surface area contributed by atoms with Gasteiger partial charge in [0.15, 0.2) is 0 Å². The normalized spacial score (nSPS) is 16.4. The van der Waals surface area contributed by atoms with Crippen molar-refractivity contribution in [2.75, 3.05) is 18.0 Å². The van der Waals surface area contributed by atoms with Crippen molar-refractivity contribution in [3.63, 3.8) is 0 Å². The number of benzene rings is 1. The molecule has 1 aromatic carbocycles. The molecule has 2 heterocycles. The molecular formula is C19H23BrN2O. The van der Waals surface area contributed by atoms with Gasteiger partial charge in [-0.2, -0.15) is 0 Å². The summed E-state index contributed by atoms with van der Waals surface area (Å²) in [4.78, 5) is 6.81. The number of furan rings is 1. The first-order chi connectivity index (χ1) is 11.2. The van der Waals surface area contributed by atoms with Crippen LogP contribution in [0.3, 0.4) is 0 Å². The fraction of sp³-hybridized carbons (Fsp3) is 0.421. The van der Waals surface area contributed by atoms with Crippen molar-refractivity contribution in [1.82, 2.24) is 0 Å². The minimum absolute atomic E-state index is 0.595. The van der Waals surface area contributed by atoms with Gasteiger partial charge in [0.05, 0.1) is 16.4 Å². The Morgan fingerprint density at radius 2 is 1.96 bits per heavy atom. The quantitative estimate of drug-likeness (QED) is 0.608. The van der Waals surface area contributed by atoms with E-state index in [0.717, 1.165) is 41.3 Å². The topological polar surface area (TPSA) is 28.7 Å². The number of hydrogen-bond acceptors (Lipinski definition) is 3. The molecule has 3 nitrogen and oxygen atoms in total. The molecule has 0 saturated carbocycles. The first-order valence-corrected chi connectivity index (χ1v) is 9.15. The lowest BCUT2D eigenvalue weighted by molar-refractivity contribution is 0.549. The number of anilines is 1. The highest BCUT2D eigenvalue weighted by Gasteiger charge is 2.19. The summed E-state index contributed by atoms with van der Waals surface area (Å²) in [7, 11) is 0. The summed E-state index contributed by atoms with van der Waals surface area (Å²) in [5, 5.41) is 0. The molecule has 4 heteroatoms. The molecule has 0 radical (unpaired) electrons. The average Bonchev–Trinajstić information content (AvgIpc) is 3.22. The van der Waals surface area contributed by atoms with Crippen LogP contribution in [0.1, 0.15) is 50.4 Å². The lowest BCUT2D eigenvalue weighted by Gasteiger charge is -2.13. The van der Waals surface area contributed by atoms with Crippen LogP contribution in [0.4, 0.5) is 11.6 Å². The van der Waals surface area contributed by atoms with Crippen LogP contribution in [0.2, 0.25) is 0 Å². The minimum atomic E-state index is 0.595. The van der Waals surface area contributed by atoms with E-state index in [4.69, 9.17) is 4.42 Å². The number of rotatable bonds is 5. The third kappa shape index (κ3) is 3.86. The molecule has 2 aromatic rings. The van der Waals surface area contributed by atoms with E-state index in [0.29, 0.717) is 5.92 Å². The van der Waals surface area contributed by atoms with E-state index in [9.17, 15) is 0 Å². The van der Waals surface area contributed by atoms with Crippen molar-refractivity contribution in [2.45, 2.75) is 39.0 Å². The Morgan fingerprint density at radius 1 is 1.26 bits per heavy atom. The van der Waals surface area contributed by atoms with Crippen molar-refractivity contribution >= 4 is 33.7 Å². The van der Waals surface area contributed by atoms with Gasteiger partial charge >= 0.3 is 0 Å². The van der Waals surface area contributed by atoms with Gasteiger partial charge in [0.2, 0.25) is 5.88 Å². The molecule has 0 aliphatic carbocycles. The second kappa shape index (κ2) is 7.35. The molecule has 0 amide bonds. The molecule has 23 heavy (non-hydrogen) atoms. The van der Waals surface area contributed by atoms with Gasteiger partial charge in [-0.15, -0.1) is 0 Å². The molecule has 1 aliphatic rings. The number of aliphatic imine (C=N–C) groups is 1. The second-order valence-electron chi connectivity index (χ2n) is 6.16. The first-order valence-electron chi connectivity index (χ1n) is 8.35. The van der Waals surface area contributed by atoms with E-state index in [1.54, 1.807) is 6.21 Å². The molecule has 1 aromatic heterocycles. The molecule has 1 saturated heterocycles. The van der Waals surface area contributed by atoms with Crippen molar-refractivity contribution in [2.24, 2.45) is 4.99 Å². The van der Waals surface area contributed by atoms with Crippen molar-refractivity contribution in [3.05, 3.63) is 46.1 Å². The van der Waals surface area contributed by atoms with Crippen LogP contribution in [0, 0.1) is 0 Å². The van der Waals surface area contributed by atoms with Crippen LogP contribution in [-0.2, 0) is 0 Å². The van der Waals surface area contributed by atoms with E-state index < -0.39 is 0 Å². The molecule has 1 fully saturated rings. The van der Waals surface area contributed by atoms with E-state index in [-0.39, 0.29) is 0 Å². The third-order valence-electron chi connectivity index (χ3n) is 4.50. The summed E-state index contributed by atoms with van der Waals surface area (Å²) in [6.07, 6.45) is 5.42. The Morgan fingerprint density at radius 3 is 2.61 bits per heavy atom. The zero-order chi connectivity index (χ0) is 16.2. The Bertz CT molecular complexity index is 669. The molecule has 0 bridgehead atoms. The van der Waals surface area contributed by atoms with Gasteiger partial charge in [0, 0.05) is 19.2 Å². The summed E-state index contributed by atoms with van der Waals surface area (Å²) in [5.41, 5.74) is 2.32. The molecular weight excluding hydrogens is 352 g/mol. The lowest BCUT2D eigenvalue weighted by atomic mass is 9.99. The summed E-state index contributed by atoms with van der Waals surface area (Å²) < 4.78 is 6.94. The first kappa shape index (κ1) is 16.3. The third-order valence-corrected chi connectivity index (χ3v) is 5.06. The maximum Gasteiger partial charge on any atom is 0.210 e. The molecule has 1 atom stereocenters. The van der Waals surface area contributed by atoms with E-state index in [2.05, 4.69) is 63.9 Å². The highest BCUT2D eigenvalue weighted by Crippen LogP contribution is 2.32. The maximum absolute atomic E-state index is 5.93. The molecule has 0 spiro atoms. The predicted octanol–water partition coefficient (Wildman–Crippen LogP) is 5.91. The Balaban J connectivity index is 1.71. The Kier molecular flexibility index (Phi) is 5.21. The smallest absolute Gasteiger partial charge is 0.210 e. The lowest BCUT2D eigenvalue weighted by Crippen LogP contribution is -2.17. The fourth-order valence-corrected chi connectivity index (χ4v) is 3.40. The van der Waals surface area contributed by atoms with Crippen LogP contribution in [0.25, 0.3) is 0 Å². The second-order valence-corrected chi connectivity index (χ2v) is 7.01. The molecule has 1 aliphatic heterocycles. The predicted molar refractivity (Wildman–Crippen MR) is 100 cm³/mol. The van der Waals surface area contributed by atoms with Gasteiger partial charge in [-0.05, 0) is 58.8 Å². The highest BCUT2D eigenvalue weighted by molar-refractivity contribution is 9.10. The van der Waals surface area contributed by atoms with Gasteiger partial charge in [-0.3, -0.25) is 4.99 Å². The van der Waals surface area contributed by atoms with Gasteiger partial charge in [-0.1, -0.05) is 26.0 Å². The number of nitrogens with zero attached hydrogens (tertiary/aromatic N) is 2. The van der Waals surface area contributed by atoms with Crippen LogP contribution in [0.15, 0.2) is 44.2 Å². The van der Waals surface area contributed by atoms with Crippen molar-refractivity contribution < 1.29 is 4.42 Å². The monoisotopic (exact) mass is 374 g/mol. The van der Waals surface area contributed by atoms with E-state index >= 15 is 0 Å². The van der Waals surface area contributed by atoms with Crippen LogP contribution < -0.4 is 4.90 Å². The number of halogens is 1. The van der Waals surface area contributed by atoms with Gasteiger partial charge in [0.1, 0.15) is 5.76 Å². The minimum Gasteiger partial charge on any atom is -0.438 e. The van der Waals surface area contributed by atoms with Gasteiger partial charge in [-0.25, -0.2) is 0 Å². The summed E-state index contributed by atoms with van der Waals surface area (Å²) in [6, 6.07) is 10.4. The van der Waals surface area contributed by atoms with Gasteiger partial charge < -0.3 is 9.32 Å². The molecule has 0 N–H and O–H groups in total. The average molecular weight is 375 g/mol. The zero-order valence-corrected chi connectivity index (χ0v) is 15.3. The highest BCUT2D eigenvalue weighted by atomic mass is 79.9. The van der Waals surface area contributed by atoms with Crippen molar-refractivity contribution in [1.29, 1.82) is 0 Å².